The Hall–Kier alpha value is -3.75. The van der Waals surface area contributed by atoms with E-state index in [1.54, 1.807) is 0 Å². The van der Waals surface area contributed by atoms with Crippen LogP contribution < -0.4 is 0 Å². The number of aryl methyl sites for hydroxylation is 1. The van der Waals surface area contributed by atoms with Crippen molar-refractivity contribution in [1.82, 2.24) is 0 Å². The SMILES string of the molecule is CC(=O)OC(C#Cc1ccccc1)(CCC#Cc1ccccc1C)c1ccccc1. The molecule has 0 aromatic heterocycles. The van der Waals surface area contributed by atoms with Crippen LogP contribution in [0.15, 0.2) is 84.9 Å². The maximum Gasteiger partial charge on any atom is 0.304 e. The lowest BCUT2D eigenvalue weighted by atomic mass is 9.88. The van der Waals surface area contributed by atoms with E-state index < -0.39 is 5.60 Å². The second-order valence-corrected chi connectivity index (χ2v) is 7.02. The van der Waals surface area contributed by atoms with Gasteiger partial charge in [0.05, 0.1) is 0 Å². The minimum Gasteiger partial charge on any atom is -0.442 e. The van der Waals surface area contributed by atoms with Crippen LogP contribution in [0.2, 0.25) is 0 Å². The first-order valence-corrected chi connectivity index (χ1v) is 9.97. The average molecular weight is 392 g/mol. The van der Waals surface area contributed by atoms with Gasteiger partial charge in [0.2, 0.25) is 0 Å². The van der Waals surface area contributed by atoms with Crippen molar-refractivity contribution in [2.45, 2.75) is 32.3 Å². The van der Waals surface area contributed by atoms with E-state index in [-0.39, 0.29) is 5.97 Å². The van der Waals surface area contributed by atoms with Crippen molar-refractivity contribution in [3.8, 4) is 23.7 Å². The smallest absolute Gasteiger partial charge is 0.304 e. The second kappa shape index (κ2) is 10.1. The highest BCUT2D eigenvalue weighted by atomic mass is 16.6. The van der Waals surface area contributed by atoms with Gasteiger partial charge in [-0.05, 0) is 36.6 Å². The Morgan fingerprint density at radius 1 is 0.867 bits per heavy atom. The summed E-state index contributed by atoms with van der Waals surface area (Å²) >= 11 is 0. The van der Waals surface area contributed by atoms with Crippen LogP contribution in [0.25, 0.3) is 0 Å². The molecule has 0 radical (unpaired) electrons. The Morgan fingerprint density at radius 2 is 1.50 bits per heavy atom. The van der Waals surface area contributed by atoms with Gasteiger partial charge in [-0.1, -0.05) is 84.5 Å². The Balaban J connectivity index is 1.95. The third kappa shape index (κ3) is 5.63. The van der Waals surface area contributed by atoms with Crippen molar-refractivity contribution < 1.29 is 9.53 Å². The summed E-state index contributed by atoms with van der Waals surface area (Å²) in [6.45, 7) is 3.46. The summed E-state index contributed by atoms with van der Waals surface area (Å²) in [7, 11) is 0. The van der Waals surface area contributed by atoms with Gasteiger partial charge in [-0.2, -0.15) is 0 Å². The molecule has 1 atom stereocenters. The van der Waals surface area contributed by atoms with E-state index >= 15 is 0 Å². The van der Waals surface area contributed by atoms with Gasteiger partial charge in [0.15, 0.2) is 5.60 Å². The summed E-state index contributed by atoms with van der Waals surface area (Å²) in [5.41, 5.74) is 2.81. The maximum atomic E-state index is 12.0. The van der Waals surface area contributed by atoms with Gasteiger partial charge in [-0.25, -0.2) is 0 Å². The number of carbonyl (C=O) groups is 1. The van der Waals surface area contributed by atoms with Crippen LogP contribution in [0, 0.1) is 30.6 Å². The van der Waals surface area contributed by atoms with Crippen LogP contribution in [0.4, 0.5) is 0 Å². The van der Waals surface area contributed by atoms with Crippen LogP contribution in [0.3, 0.4) is 0 Å². The largest absolute Gasteiger partial charge is 0.442 e. The second-order valence-electron chi connectivity index (χ2n) is 7.02. The number of carbonyl (C=O) groups excluding carboxylic acids is 1. The minimum atomic E-state index is -1.05. The summed E-state index contributed by atoms with van der Waals surface area (Å²) in [6, 6.07) is 27.4. The highest BCUT2D eigenvalue weighted by molar-refractivity contribution is 5.67. The highest BCUT2D eigenvalue weighted by Gasteiger charge is 2.33. The van der Waals surface area contributed by atoms with Crippen LogP contribution in [-0.4, -0.2) is 5.97 Å². The number of benzene rings is 3. The van der Waals surface area contributed by atoms with E-state index in [0.29, 0.717) is 12.8 Å². The fraction of sp³-hybridized carbons (Fsp3) is 0.179. The van der Waals surface area contributed by atoms with Gasteiger partial charge in [0.25, 0.3) is 0 Å². The minimum absolute atomic E-state index is 0.368. The van der Waals surface area contributed by atoms with Gasteiger partial charge in [0.1, 0.15) is 0 Å². The first-order chi connectivity index (χ1) is 14.6. The molecule has 3 aromatic carbocycles. The van der Waals surface area contributed by atoms with Crippen molar-refractivity contribution >= 4 is 5.97 Å². The molecule has 3 rings (SSSR count). The Kier molecular flexibility index (Phi) is 7.09. The van der Waals surface area contributed by atoms with Crippen molar-refractivity contribution in [2.75, 3.05) is 0 Å². The zero-order chi connectivity index (χ0) is 21.2. The quantitative estimate of drug-likeness (QED) is 0.424. The molecule has 0 aliphatic carbocycles. The third-order valence-electron chi connectivity index (χ3n) is 4.71. The maximum absolute atomic E-state index is 12.0. The van der Waals surface area contributed by atoms with Crippen molar-refractivity contribution in [2.24, 2.45) is 0 Å². The third-order valence-corrected chi connectivity index (χ3v) is 4.71. The molecule has 148 valence electrons. The molecule has 30 heavy (non-hydrogen) atoms. The van der Waals surface area contributed by atoms with Crippen molar-refractivity contribution in [1.29, 1.82) is 0 Å². The average Bonchev–Trinajstić information content (AvgIpc) is 2.77. The van der Waals surface area contributed by atoms with E-state index in [2.05, 4.69) is 23.7 Å². The molecule has 3 aromatic rings. The molecule has 0 bridgehead atoms. The topological polar surface area (TPSA) is 26.3 Å². The summed E-state index contributed by atoms with van der Waals surface area (Å²) in [6.07, 6.45) is 1.02. The molecule has 2 nitrogen and oxygen atoms in total. The van der Waals surface area contributed by atoms with E-state index in [1.165, 1.54) is 6.92 Å². The number of rotatable bonds is 4. The number of esters is 1. The van der Waals surface area contributed by atoms with Gasteiger partial charge in [0, 0.05) is 36.5 Å². The predicted octanol–water partition coefficient (Wildman–Crippen LogP) is 5.64. The van der Waals surface area contributed by atoms with Gasteiger partial charge in [-0.3, -0.25) is 4.79 Å². The first-order valence-electron chi connectivity index (χ1n) is 9.97. The first kappa shape index (κ1) is 21.0. The fourth-order valence-corrected chi connectivity index (χ4v) is 3.17. The summed E-state index contributed by atoms with van der Waals surface area (Å²) in [5, 5.41) is 0. The van der Waals surface area contributed by atoms with E-state index in [9.17, 15) is 4.79 Å². The zero-order valence-corrected chi connectivity index (χ0v) is 17.3. The molecule has 0 fully saturated rings. The van der Waals surface area contributed by atoms with Crippen LogP contribution >= 0.6 is 0 Å². The number of hydrogen-bond acceptors (Lipinski definition) is 2. The number of hydrogen-bond donors (Lipinski definition) is 0. The van der Waals surface area contributed by atoms with Crippen LogP contribution in [0.5, 0.6) is 0 Å². The fourth-order valence-electron chi connectivity index (χ4n) is 3.17. The Labute approximate surface area is 178 Å². The lowest BCUT2D eigenvalue weighted by Gasteiger charge is -2.28. The van der Waals surface area contributed by atoms with E-state index in [1.807, 2.05) is 91.9 Å². The zero-order valence-electron chi connectivity index (χ0n) is 17.3. The van der Waals surface area contributed by atoms with Crippen molar-refractivity contribution in [3.63, 3.8) is 0 Å². The van der Waals surface area contributed by atoms with E-state index in [4.69, 9.17) is 4.74 Å². The monoisotopic (exact) mass is 392 g/mol. The molecule has 0 heterocycles. The summed E-state index contributed by atoms with van der Waals surface area (Å²) in [5.74, 6) is 12.5. The lowest BCUT2D eigenvalue weighted by molar-refractivity contribution is -0.152. The van der Waals surface area contributed by atoms with E-state index in [0.717, 1.165) is 22.3 Å². The Morgan fingerprint density at radius 3 is 2.17 bits per heavy atom. The molecule has 1 unspecified atom stereocenters. The molecule has 0 saturated carbocycles. The van der Waals surface area contributed by atoms with Gasteiger partial charge >= 0.3 is 5.97 Å². The molecular formula is C28H24O2. The molecule has 0 N–H and O–H groups in total. The summed E-state index contributed by atoms with van der Waals surface area (Å²) < 4.78 is 5.84. The molecule has 0 aliphatic rings. The standard InChI is InChI=1S/C28H24O2/c1-23-13-9-10-16-26(23)17-11-12-21-28(30-24(2)29,27-18-7-4-8-19-27)22-20-25-14-5-3-6-15-25/h3-10,13-16,18-19H,12,21H2,1-2H3. The van der Waals surface area contributed by atoms with Gasteiger partial charge < -0.3 is 4.74 Å². The molecule has 0 saturated heterocycles. The summed E-state index contributed by atoms with van der Waals surface area (Å²) in [4.78, 5) is 12.0. The number of ether oxygens (including phenoxy) is 1. The molecule has 0 spiro atoms. The van der Waals surface area contributed by atoms with Gasteiger partial charge in [-0.15, -0.1) is 0 Å². The van der Waals surface area contributed by atoms with Crippen LogP contribution in [-0.2, 0) is 15.1 Å². The predicted molar refractivity (Wildman–Crippen MR) is 120 cm³/mol. The highest BCUT2D eigenvalue weighted by Crippen LogP contribution is 2.31. The van der Waals surface area contributed by atoms with Crippen molar-refractivity contribution in [3.05, 3.63) is 107 Å². The molecule has 0 amide bonds. The van der Waals surface area contributed by atoms with Crippen LogP contribution in [0.1, 0.15) is 42.0 Å². The molecule has 0 aliphatic heterocycles. The normalized spacial score (nSPS) is 11.8. The Bertz CT molecular complexity index is 1110. The molecule has 2 heteroatoms. The molecular weight excluding hydrogens is 368 g/mol. The lowest BCUT2D eigenvalue weighted by Crippen LogP contribution is -2.30.